The summed E-state index contributed by atoms with van der Waals surface area (Å²) in [4.78, 5) is 14.0. The standard InChI is InChI=1S/C10H14N2O2/c1-5-8(9(11)10(13)14)6-3-2-4-7(6)12-5/h9,12H,2-4,11H2,1H3,(H,13,14). The lowest BCUT2D eigenvalue weighted by Gasteiger charge is -2.08. The van der Waals surface area contributed by atoms with Gasteiger partial charge in [0, 0.05) is 17.0 Å². The van der Waals surface area contributed by atoms with Gasteiger partial charge < -0.3 is 15.8 Å². The van der Waals surface area contributed by atoms with Gasteiger partial charge in [0.1, 0.15) is 6.04 Å². The molecule has 14 heavy (non-hydrogen) atoms. The summed E-state index contributed by atoms with van der Waals surface area (Å²) in [5.74, 6) is -0.957. The third-order valence-electron chi connectivity index (χ3n) is 2.86. The maximum absolute atomic E-state index is 10.8. The first-order valence-electron chi connectivity index (χ1n) is 4.80. The number of carboxylic acid groups (broad SMARTS) is 1. The largest absolute Gasteiger partial charge is 0.480 e. The number of H-pyrrole nitrogens is 1. The van der Waals surface area contributed by atoms with E-state index in [0.717, 1.165) is 36.1 Å². The van der Waals surface area contributed by atoms with Crippen molar-refractivity contribution in [3.63, 3.8) is 0 Å². The molecule has 76 valence electrons. The topological polar surface area (TPSA) is 79.1 Å². The van der Waals surface area contributed by atoms with E-state index in [9.17, 15) is 4.79 Å². The number of carboxylic acids is 1. The van der Waals surface area contributed by atoms with Crippen LogP contribution < -0.4 is 5.73 Å². The third kappa shape index (κ3) is 1.23. The lowest BCUT2D eigenvalue weighted by molar-refractivity contribution is -0.138. The van der Waals surface area contributed by atoms with Crippen LogP contribution in [0.25, 0.3) is 0 Å². The van der Waals surface area contributed by atoms with Crippen molar-refractivity contribution < 1.29 is 9.90 Å². The number of nitrogens with one attached hydrogen (secondary N) is 1. The molecule has 4 nitrogen and oxygen atoms in total. The number of hydrogen-bond acceptors (Lipinski definition) is 2. The lowest BCUT2D eigenvalue weighted by Crippen LogP contribution is -2.22. The van der Waals surface area contributed by atoms with Crippen molar-refractivity contribution in [2.24, 2.45) is 5.73 Å². The molecule has 0 bridgehead atoms. The van der Waals surface area contributed by atoms with Crippen molar-refractivity contribution in [1.29, 1.82) is 0 Å². The number of hydrogen-bond donors (Lipinski definition) is 3. The lowest BCUT2D eigenvalue weighted by atomic mass is 10.0. The van der Waals surface area contributed by atoms with Gasteiger partial charge in [-0.25, -0.2) is 0 Å². The van der Waals surface area contributed by atoms with Crippen LogP contribution in [0.15, 0.2) is 0 Å². The zero-order chi connectivity index (χ0) is 10.3. The number of carbonyl (C=O) groups is 1. The Bertz CT molecular complexity index is 382. The van der Waals surface area contributed by atoms with Crippen LogP contribution in [0.3, 0.4) is 0 Å². The summed E-state index contributed by atoms with van der Waals surface area (Å²) in [5, 5.41) is 8.87. The van der Waals surface area contributed by atoms with Crippen LogP contribution in [0.4, 0.5) is 0 Å². The molecule has 1 aliphatic rings. The summed E-state index contributed by atoms with van der Waals surface area (Å²) in [6.45, 7) is 1.89. The first kappa shape index (κ1) is 9.27. The summed E-state index contributed by atoms with van der Waals surface area (Å²) in [5.41, 5.74) is 9.65. The molecule has 1 atom stereocenters. The summed E-state index contributed by atoms with van der Waals surface area (Å²) in [6, 6.07) is -0.881. The SMILES string of the molecule is Cc1[nH]c2c(c1C(N)C(=O)O)CCC2. The summed E-state index contributed by atoms with van der Waals surface area (Å²) < 4.78 is 0. The Morgan fingerprint density at radius 1 is 1.57 bits per heavy atom. The van der Waals surface area contributed by atoms with E-state index in [2.05, 4.69) is 4.98 Å². The first-order chi connectivity index (χ1) is 6.61. The Morgan fingerprint density at radius 3 is 2.93 bits per heavy atom. The number of aryl methyl sites for hydroxylation is 2. The molecular formula is C10H14N2O2. The van der Waals surface area contributed by atoms with Gasteiger partial charge in [-0.3, -0.25) is 4.79 Å². The Morgan fingerprint density at radius 2 is 2.29 bits per heavy atom. The highest BCUT2D eigenvalue weighted by Gasteiger charge is 2.26. The molecule has 1 aliphatic carbocycles. The van der Waals surface area contributed by atoms with E-state index < -0.39 is 12.0 Å². The average Bonchev–Trinajstić information content (AvgIpc) is 2.62. The molecule has 0 saturated heterocycles. The molecule has 0 aliphatic heterocycles. The Kier molecular flexibility index (Phi) is 2.07. The monoisotopic (exact) mass is 194 g/mol. The second kappa shape index (κ2) is 3.13. The number of aliphatic carboxylic acids is 1. The van der Waals surface area contributed by atoms with Gasteiger partial charge in [0.2, 0.25) is 0 Å². The average molecular weight is 194 g/mol. The molecule has 2 rings (SSSR count). The fourth-order valence-corrected chi connectivity index (χ4v) is 2.24. The van der Waals surface area contributed by atoms with Crippen molar-refractivity contribution in [3.05, 3.63) is 22.5 Å². The highest BCUT2D eigenvalue weighted by atomic mass is 16.4. The maximum atomic E-state index is 10.8. The summed E-state index contributed by atoms with van der Waals surface area (Å²) >= 11 is 0. The van der Waals surface area contributed by atoms with E-state index in [4.69, 9.17) is 10.8 Å². The van der Waals surface area contributed by atoms with E-state index in [-0.39, 0.29) is 0 Å². The molecule has 4 N–H and O–H groups in total. The zero-order valence-corrected chi connectivity index (χ0v) is 8.13. The quantitative estimate of drug-likeness (QED) is 0.654. The zero-order valence-electron chi connectivity index (χ0n) is 8.13. The Balaban J connectivity index is 2.46. The van der Waals surface area contributed by atoms with Gasteiger partial charge in [-0.2, -0.15) is 0 Å². The highest BCUT2D eigenvalue weighted by molar-refractivity contribution is 5.76. The number of fused-ring (bicyclic) bond motifs is 1. The number of aromatic amines is 1. The predicted molar refractivity (Wildman–Crippen MR) is 52.1 cm³/mol. The van der Waals surface area contributed by atoms with Crippen molar-refractivity contribution in [2.45, 2.75) is 32.2 Å². The summed E-state index contributed by atoms with van der Waals surface area (Å²) in [6.07, 6.45) is 3.07. The molecule has 4 heteroatoms. The molecule has 0 spiro atoms. The van der Waals surface area contributed by atoms with Gasteiger partial charge in [-0.1, -0.05) is 0 Å². The number of rotatable bonds is 2. The van der Waals surface area contributed by atoms with E-state index in [0.29, 0.717) is 0 Å². The molecule has 0 aromatic carbocycles. The van der Waals surface area contributed by atoms with Gasteiger partial charge >= 0.3 is 5.97 Å². The van der Waals surface area contributed by atoms with Crippen LogP contribution in [0.1, 0.15) is 35.0 Å². The molecule has 1 heterocycles. The normalized spacial score (nSPS) is 16.7. The van der Waals surface area contributed by atoms with Gasteiger partial charge in [0.25, 0.3) is 0 Å². The van der Waals surface area contributed by atoms with E-state index in [1.54, 1.807) is 0 Å². The molecular weight excluding hydrogens is 180 g/mol. The van der Waals surface area contributed by atoms with Gasteiger partial charge in [-0.15, -0.1) is 0 Å². The van der Waals surface area contributed by atoms with E-state index in [1.807, 2.05) is 6.92 Å². The maximum Gasteiger partial charge on any atom is 0.325 e. The molecule has 1 aromatic rings. The Hall–Kier alpha value is -1.29. The van der Waals surface area contributed by atoms with Crippen molar-refractivity contribution in [1.82, 2.24) is 4.98 Å². The molecule has 1 unspecified atom stereocenters. The smallest absolute Gasteiger partial charge is 0.325 e. The predicted octanol–water partition coefficient (Wildman–Crippen LogP) is 0.896. The first-order valence-corrected chi connectivity index (χ1v) is 4.80. The van der Waals surface area contributed by atoms with Crippen LogP contribution in [-0.2, 0) is 17.6 Å². The van der Waals surface area contributed by atoms with E-state index >= 15 is 0 Å². The minimum absolute atomic E-state index is 0.796. The van der Waals surface area contributed by atoms with Gasteiger partial charge in [0.05, 0.1) is 0 Å². The minimum atomic E-state index is -0.957. The molecule has 0 amide bonds. The van der Waals surface area contributed by atoms with Crippen LogP contribution in [0.2, 0.25) is 0 Å². The molecule has 0 saturated carbocycles. The molecule has 0 fully saturated rings. The fraction of sp³-hybridized carbons (Fsp3) is 0.500. The second-order valence-corrected chi connectivity index (χ2v) is 3.79. The van der Waals surface area contributed by atoms with Crippen LogP contribution >= 0.6 is 0 Å². The van der Waals surface area contributed by atoms with Gasteiger partial charge in [0.15, 0.2) is 0 Å². The third-order valence-corrected chi connectivity index (χ3v) is 2.86. The van der Waals surface area contributed by atoms with Gasteiger partial charge in [-0.05, 0) is 31.7 Å². The van der Waals surface area contributed by atoms with Crippen molar-refractivity contribution >= 4 is 5.97 Å². The number of aromatic nitrogens is 1. The van der Waals surface area contributed by atoms with Crippen LogP contribution in [0, 0.1) is 6.92 Å². The fourth-order valence-electron chi connectivity index (χ4n) is 2.24. The summed E-state index contributed by atoms with van der Waals surface area (Å²) in [7, 11) is 0. The molecule has 0 radical (unpaired) electrons. The Labute approximate surface area is 82.1 Å². The second-order valence-electron chi connectivity index (χ2n) is 3.79. The van der Waals surface area contributed by atoms with Crippen LogP contribution in [0.5, 0.6) is 0 Å². The van der Waals surface area contributed by atoms with Crippen molar-refractivity contribution in [3.8, 4) is 0 Å². The number of nitrogens with two attached hydrogens (primary N) is 1. The molecule has 1 aromatic heterocycles. The van der Waals surface area contributed by atoms with Crippen LogP contribution in [-0.4, -0.2) is 16.1 Å². The van der Waals surface area contributed by atoms with Crippen molar-refractivity contribution in [2.75, 3.05) is 0 Å². The highest BCUT2D eigenvalue weighted by Crippen LogP contribution is 2.30. The van der Waals surface area contributed by atoms with E-state index in [1.165, 1.54) is 5.69 Å². The minimum Gasteiger partial charge on any atom is -0.480 e.